The molecule has 54 valence electrons. The molecule has 0 unspecified atom stereocenters. The zero-order valence-electron chi connectivity index (χ0n) is 6.86. The van der Waals surface area contributed by atoms with Crippen LogP contribution in [-0.2, 0) is 4.57 Å². The van der Waals surface area contributed by atoms with Gasteiger partial charge in [-0.05, 0) is 19.3 Å². The topological polar surface area (TPSA) is 17.1 Å². The third-order valence-electron chi connectivity index (χ3n) is 2.06. The van der Waals surface area contributed by atoms with Gasteiger partial charge in [-0.2, -0.15) is 0 Å². The third kappa shape index (κ3) is 2.06. The van der Waals surface area contributed by atoms with Crippen molar-refractivity contribution in [2.75, 3.05) is 0 Å². The van der Waals surface area contributed by atoms with Crippen LogP contribution in [-0.4, -0.2) is 5.16 Å². The molecule has 0 fully saturated rings. The standard InChI is InChI=1S/C7H15OP/c1-6(2,3)7(4,5)9-8/h1-5H3. The van der Waals surface area contributed by atoms with E-state index in [0.29, 0.717) is 0 Å². The normalized spacial score (nSPS) is 14.3. The number of hydrogen-bond acceptors (Lipinski definition) is 1. The maximum Gasteiger partial charge on any atom is 0.162 e. The van der Waals surface area contributed by atoms with E-state index in [-0.39, 0.29) is 19.0 Å². The summed E-state index contributed by atoms with van der Waals surface area (Å²) in [6, 6.07) is 0. The minimum Gasteiger partial charge on any atom is -0.274 e. The molecule has 1 nitrogen and oxygen atoms in total. The smallest absolute Gasteiger partial charge is 0.162 e. The zero-order valence-corrected chi connectivity index (χ0v) is 7.75. The summed E-state index contributed by atoms with van der Waals surface area (Å²) in [5.41, 5.74) is 0.121. The minimum atomic E-state index is -0.104. The zero-order chi connectivity index (χ0) is 7.71. The van der Waals surface area contributed by atoms with Crippen molar-refractivity contribution in [1.29, 1.82) is 0 Å². The predicted molar refractivity (Wildman–Crippen MR) is 41.1 cm³/mol. The van der Waals surface area contributed by atoms with E-state index >= 15 is 0 Å². The molecule has 0 aliphatic rings. The Morgan fingerprint density at radius 3 is 1.33 bits per heavy atom. The first-order valence-electron chi connectivity index (χ1n) is 3.16. The fourth-order valence-corrected chi connectivity index (χ4v) is 0.411. The lowest BCUT2D eigenvalue weighted by Gasteiger charge is -2.31. The van der Waals surface area contributed by atoms with E-state index in [9.17, 15) is 4.57 Å². The van der Waals surface area contributed by atoms with Gasteiger partial charge in [0.25, 0.3) is 0 Å². The van der Waals surface area contributed by atoms with Gasteiger partial charge in [0.05, 0.1) is 5.16 Å². The molecule has 2 heteroatoms. The predicted octanol–water partition coefficient (Wildman–Crippen LogP) is 3.10. The summed E-state index contributed by atoms with van der Waals surface area (Å²) in [7, 11) is 0.235. The van der Waals surface area contributed by atoms with Gasteiger partial charge in [-0.15, -0.1) is 0 Å². The molecule has 0 saturated heterocycles. The Bertz CT molecular complexity index is 111. The molecular weight excluding hydrogens is 131 g/mol. The van der Waals surface area contributed by atoms with Crippen LogP contribution < -0.4 is 0 Å². The first-order chi connectivity index (χ1) is 3.81. The van der Waals surface area contributed by atoms with Crippen LogP contribution in [0.5, 0.6) is 0 Å². The first kappa shape index (κ1) is 9.10. The molecule has 0 amide bonds. The van der Waals surface area contributed by atoms with Crippen LogP contribution in [0.1, 0.15) is 34.6 Å². The van der Waals surface area contributed by atoms with Crippen LogP contribution in [0.3, 0.4) is 0 Å². The molecule has 0 saturated carbocycles. The molecular formula is C7H15OP. The van der Waals surface area contributed by atoms with Crippen molar-refractivity contribution in [3.05, 3.63) is 0 Å². The van der Waals surface area contributed by atoms with E-state index < -0.39 is 0 Å². The molecule has 9 heavy (non-hydrogen) atoms. The molecule has 0 rings (SSSR count). The molecule has 0 radical (unpaired) electrons. The highest BCUT2D eigenvalue weighted by Gasteiger charge is 2.33. The Morgan fingerprint density at radius 1 is 1.00 bits per heavy atom. The van der Waals surface area contributed by atoms with Crippen molar-refractivity contribution < 1.29 is 4.57 Å². The van der Waals surface area contributed by atoms with Crippen molar-refractivity contribution in [3.63, 3.8) is 0 Å². The van der Waals surface area contributed by atoms with Gasteiger partial charge < -0.3 is 0 Å². The average Bonchev–Trinajstić information content (AvgIpc) is 1.64. The highest BCUT2D eigenvalue weighted by atomic mass is 31.1. The lowest BCUT2D eigenvalue weighted by atomic mass is 9.82. The van der Waals surface area contributed by atoms with Gasteiger partial charge in [-0.25, -0.2) is 0 Å². The summed E-state index contributed by atoms with van der Waals surface area (Å²) >= 11 is 0. The number of hydrogen-bond donors (Lipinski definition) is 0. The average molecular weight is 146 g/mol. The summed E-state index contributed by atoms with van der Waals surface area (Å²) in [6.07, 6.45) is 0. The molecule has 0 aromatic rings. The molecule has 0 N–H and O–H groups in total. The second kappa shape index (κ2) is 2.38. The van der Waals surface area contributed by atoms with Gasteiger partial charge in [-0.1, -0.05) is 20.8 Å². The third-order valence-corrected chi connectivity index (χ3v) is 3.19. The molecule has 0 heterocycles. The van der Waals surface area contributed by atoms with Crippen molar-refractivity contribution in [1.82, 2.24) is 0 Å². The van der Waals surface area contributed by atoms with E-state index in [1.54, 1.807) is 0 Å². The van der Waals surface area contributed by atoms with Gasteiger partial charge >= 0.3 is 0 Å². The summed E-state index contributed by atoms with van der Waals surface area (Å²) in [5, 5.41) is -0.104. The SMILES string of the molecule is CC(C)(C)C(C)(C)P=O. The van der Waals surface area contributed by atoms with Gasteiger partial charge in [0.15, 0.2) is 8.46 Å². The molecule has 0 atom stereocenters. The van der Waals surface area contributed by atoms with E-state index in [4.69, 9.17) is 0 Å². The summed E-state index contributed by atoms with van der Waals surface area (Å²) in [4.78, 5) is 0. The summed E-state index contributed by atoms with van der Waals surface area (Å²) < 4.78 is 10.6. The van der Waals surface area contributed by atoms with Crippen LogP contribution in [0.25, 0.3) is 0 Å². The summed E-state index contributed by atoms with van der Waals surface area (Å²) in [6.45, 7) is 10.3. The lowest BCUT2D eigenvalue weighted by molar-refractivity contribution is 0.310. The molecule has 0 aromatic heterocycles. The minimum absolute atomic E-state index is 0.104. The Hall–Kier alpha value is 0.100. The van der Waals surface area contributed by atoms with Crippen LogP contribution in [0.15, 0.2) is 0 Å². The van der Waals surface area contributed by atoms with Crippen molar-refractivity contribution in [2.45, 2.75) is 39.8 Å². The molecule has 0 aliphatic carbocycles. The van der Waals surface area contributed by atoms with Gasteiger partial charge in [0, 0.05) is 0 Å². The Morgan fingerprint density at radius 2 is 1.33 bits per heavy atom. The highest BCUT2D eigenvalue weighted by molar-refractivity contribution is 7.26. The molecule has 0 bridgehead atoms. The lowest BCUT2D eigenvalue weighted by Crippen LogP contribution is -2.30. The van der Waals surface area contributed by atoms with Crippen molar-refractivity contribution >= 4 is 8.46 Å². The van der Waals surface area contributed by atoms with E-state index in [0.717, 1.165) is 0 Å². The maximum atomic E-state index is 10.6. The van der Waals surface area contributed by atoms with Gasteiger partial charge in [0.2, 0.25) is 0 Å². The van der Waals surface area contributed by atoms with Crippen molar-refractivity contribution in [2.24, 2.45) is 5.41 Å². The van der Waals surface area contributed by atoms with Crippen LogP contribution in [0.4, 0.5) is 0 Å². The van der Waals surface area contributed by atoms with Crippen LogP contribution in [0, 0.1) is 5.41 Å². The van der Waals surface area contributed by atoms with Crippen LogP contribution >= 0.6 is 8.46 Å². The van der Waals surface area contributed by atoms with Crippen molar-refractivity contribution in [3.8, 4) is 0 Å². The Kier molecular flexibility index (Phi) is 2.41. The number of rotatable bonds is 1. The first-order valence-corrected chi connectivity index (χ1v) is 3.97. The van der Waals surface area contributed by atoms with E-state index in [1.165, 1.54) is 0 Å². The van der Waals surface area contributed by atoms with Crippen LogP contribution in [0.2, 0.25) is 0 Å². The summed E-state index contributed by atoms with van der Waals surface area (Å²) in [5.74, 6) is 0. The maximum absolute atomic E-state index is 10.6. The second-order valence-corrected chi connectivity index (χ2v) is 5.20. The second-order valence-electron chi connectivity index (χ2n) is 3.90. The Balaban J connectivity index is 4.32. The molecule has 0 aromatic carbocycles. The fourth-order valence-electron chi connectivity index (χ4n) is 0.137. The highest BCUT2D eigenvalue weighted by Crippen LogP contribution is 2.39. The molecule has 0 spiro atoms. The van der Waals surface area contributed by atoms with E-state index in [2.05, 4.69) is 20.8 Å². The Labute approximate surface area is 59.0 Å². The quantitative estimate of drug-likeness (QED) is 0.519. The van der Waals surface area contributed by atoms with E-state index in [1.807, 2.05) is 13.8 Å². The largest absolute Gasteiger partial charge is 0.274 e. The molecule has 0 aliphatic heterocycles. The van der Waals surface area contributed by atoms with Gasteiger partial charge in [-0.3, -0.25) is 4.57 Å². The van der Waals surface area contributed by atoms with Gasteiger partial charge in [0.1, 0.15) is 0 Å². The monoisotopic (exact) mass is 146 g/mol. The fraction of sp³-hybridized carbons (Fsp3) is 1.00.